The van der Waals surface area contributed by atoms with Crippen LogP contribution in [0.4, 0.5) is 0 Å². The molecule has 1 unspecified atom stereocenters. The molecule has 128 valence electrons. The van der Waals surface area contributed by atoms with Crippen LogP contribution in [0, 0.1) is 0 Å². The molecule has 22 heavy (non-hydrogen) atoms. The molecule has 1 rings (SSSR count). The minimum Gasteiger partial charge on any atom is -0.493 e. The maximum absolute atomic E-state index is 12.1. The molecule has 0 saturated heterocycles. The molecule has 1 heterocycles. The summed E-state index contributed by atoms with van der Waals surface area (Å²) in [5.74, 6) is 0.750. The summed E-state index contributed by atoms with van der Waals surface area (Å²) in [6.07, 6.45) is 1.84. The van der Waals surface area contributed by atoms with Crippen molar-refractivity contribution < 1.29 is 5.11 Å². The van der Waals surface area contributed by atoms with Crippen LogP contribution in [-0.2, 0) is 0 Å². The molecular weight excluding hydrogens is 322 g/mol. The lowest BCUT2D eigenvalue weighted by Gasteiger charge is -2.17. The molecule has 0 amide bonds. The average Bonchev–Trinajstić information content (AvgIpc) is 2.43. The highest BCUT2D eigenvalue weighted by atomic mass is 35.5. The van der Waals surface area contributed by atoms with Crippen molar-refractivity contribution in [2.24, 2.45) is 0 Å². The molecule has 0 aliphatic carbocycles. The zero-order valence-corrected chi connectivity index (χ0v) is 15.5. The number of thioether (sulfide) groups is 1. The first-order valence-corrected chi connectivity index (χ1v) is 8.70. The van der Waals surface area contributed by atoms with Gasteiger partial charge in [0, 0.05) is 12.3 Å². The lowest BCUT2D eigenvalue weighted by atomic mass is 9.99. The van der Waals surface area contributed by atoms with Crippen LogP contribution in [0.25, 0.3) is 0 Å². The molecule has 0 aliphatic rings. The van der Waals surface area contributed by atoms with E-state index in [0.717, 1.165) is 38.2 Å². The van der Waals surface area contributed by atoms with Gasteiger partial charge in [0.05, 0.1) is 5.56 Å². The van der Waals surface area contributed by atoms with Crippen LogP contribution in [0.3, 0.4) is 0 Å². The SMILES string of the molecule is CCCC(C)c1c(O)nc(SCCN(CC)CC)[nH]c1=O.Cl. The summed E-state index contributed by atoms with van der Waals surface area (Å²) in [4.78, 5) is 21.3. The number of hydrogen-bond donors (Lipinski definition) is 2. The molecule has 0 aliphatic heterocycles. The number of nitrogens with one attached hydrogen (secondary N) is 1. The van der Waals surface area contributed by atoms with E-state index in [1.54, 1.807) is 0 Å². The smallest absolute Gasteiger partial charge is 0.258 e. The lowest BCUT2D eigenvalue weighted by molar-refractivity contribution is 0.324. The third-order valence-corrected chi connectivity index (χ3v) is 4.52. The van der Waals surface area contributed by atoms with Crippen molar-refractivity contribution in [3.63, 3.8) is 0 Å². The molecule has 0 saturated carbocycles. The zero-order valence-electron chi connectivity index (χ0n) is 13.9. The van der Waals surface area contributed by atoms with E-state index >= 15 is 0 Å². The standard InChI is InChI=1S/C15H27N3O2S.ClH/c1-5-8-11(4)12-13(19)16-15(17-14(12)20)21-10-9-18(6-2)7-3;/h11H,5-10H2,1-4H3,(H2,16,17,19,20);1H. The number of halogens is 1. The summed E-state index contributed by atoms with van der Waals surface area (Å²) in [6, 6.07) is 0. The van der Waals surface area contributed by atoms with Gasteiger partial charge in [-0.15, -0.1) is 12.4 Å². The summed E-state index contributed by atoms with van der Waals surface area (Å²) in [5, 5.41) is 10.5. The van der Waals surface area contributed by atoms with Gasteiger partial charge in [0.25, 0.3) is 5.56 Å². The van der Waals surface area contributed by atoms with Crippen LogP contribution in [0.5, 0.6) is 5.88 Å². The Balaban J connectivity index is 0.00000441. The fourth-order valence-electron chi connectivity index (χ4n) is 2.35. The number of nitrogens with zero attached hydrogens (tertiary/aromatic N) is 2. The van der Waals surface area contributed by atoms with Gasteiger partial charge in [0.2, 0.25) is 5.88 Å². The Morgan fingerprint density at radius 2 is 1.95 bits per heavy atom. The van der Waals surface area contributed by atoms with Crippen LogP contribution in [0.1, 0.15) is 52.0 Å². The quantitative estimate of drug-likeness (QED) is 0.529. The lowest BCUT2D eigenvalue weighted by Crippen LogP contribution is -2.25. The van der Waals surface area contributed by atoms with E-state index in [1.807, 2.05) is 6.92 Å². The van der Waals surface area contributed by atoms with Gasteiger partial charge in [0.1, 0.15) is 0 Å². The minimum atomic E-state index is -0.214. The Hall–Kier alpha value is -0.720. The Labute approximate surface area is 143 Å². The van der Waals surface area contributed by atoms with Crippen LogP contribution in [0.2, 0.25) is 0 Å². The van der Waals surface area contributed by atoms with Crippen molar-refractivity contribution in [3.05, 3.63) is 15.9 Å². The molecule has 0 spiro atoms. The van der Waals surface area contributed by atoms with Gasteiger partial charge in [-0.2, -0.15) is 4.98 Å². The highest BCUT2D eigenvalue weighted by molar-refractivity contribution is 7.99. The second-order valence-corrected chi connectivity index (χ2v) is 6.26. The molecule has 2 N–H and O–H groups in total. The van der Waals surface area contributed by atoms with Gasteiger partial charge in [-0.1, -0.05) is 45.9 Å². The zero-order chi connectivity index (χ0) is 15.8. The highest BCUT2D eigenvalue weighted by Gasteiger charge is 2.17. The summed E-state index contributed by atoms with van der Waals surface area (Å²) in [6.45, 7) is 11.2. The van der Waals surface area contributed by atoms with Gasteiger partial charge in [-0.25, -0.2) is 0 Å². The Kier molecular flexibility index (Phi) is 10.6. The van der Waals surface area contributed by atoms with E-state index in [-0.39, 0.29) is 29.8 Å². The number of rotatable bonds is 9. The molecule has 1 atom stereocenters. The third kappa shape index (κ3) is 6.18. The summed E-state index contributed by atoms with van der Waals surface area (Å²) in [7, 11) is 0. The second-order valence-electron chi connectivity index (χ2n) is 5.17. The predicted molar refractivity (Wildman–Crippen MR) is 95.6 cm³/mol. The number of hydrogen-bond acceptors (Lipinski definition) is 5. The molecule has 7 heteroatoms. The molecule has 0 bridgehead atoms. The van der Waals surface area contributed by atoms with Crippen LogP contribution in [-0.4, -0.2) is 45.4 Å². The fourth-order valence-corrected chi connectivity index (χ4v) is 3.21. The van der Waals surface area contributed by atoms with Crippen LogP contribution in [0.15, 0.2) is 9.95 Å². The first kappa shape index (κ1) is 21.3. The van der Waals surface area contributed by atoms with Crippen molar-refractivity contribution >= 4 is 24.2 Å². The maximum Gasteiger partial charge on any atom is 0.258 e. The van der Waals surface area contributed by atoms with Gasteiger partial charge in [-0.3, -0.25) is 4.79 Å². The van der Waals surface area contributed by atoms with Crippen molar-refractivity contribution in [2.75, 3.05) is 25.4 Å². The minimum absolute atomic E-state index is 0. The van der Waals surface area contributed by atoms with Crippen molar-refractivity contribution in [1.82, 2.24) is 14.9 Å². The highest BCUT2D eigenvalue weighted by Crippen LogP contribution is 2.25. The first-order chi connectivity index (χ1) is 10.0. The van der Waals surface area contributed by atoms with Gasteiger partial charge in [0.15, 0.2) is 5.16 Å². The maximum atomic E-state index is 12.1. The van der Waals surface area contributed by atoms with Crippen molar-refractivity contribution in [2.45, 2.75) is 51.6 Å². The predicted octanol–water partition coefficient (Wildman–Crippen LogP) is 3.23. The molecular formula is C15H28ClN3O2S. The van der Waals surface area contributed by atoms with E-state index in [1.165, 1.54) is 11.8 Å². The topological polar surface area (TPSA) is 69.2 Å². The van der Waals surface area contributed by atoms with E-state index in [9.17, 15) is 9.90 Å². The number of aromatic hydroxyl groups is 1. The number of aromatic amines is 1. The molecule has 5 nitrogen and oxygen atoms in total. The molecule has 1 aromatic heterocycles. The molecule has 0 radical (unpaired) electrons. The van der Waals surface area contributed by atoms with E-state index < -0.39 is 0 Å². The number of H-pyrrole nitrogens is 1. The number of aromatic nitrogens is 2. The van der Waals surface area contributed by atoms with Crippen LogP contribution >= 0.6 is 24.2 Å². The van der Waals surface area contributed by atoms with Crippen LogP contribution < -0.4 is 5.56 Å². The Bertz CT molecular complexity index is 492. The normalized spacial score (nSPS) is 12.2. The first-order valence-electron chi connectivity index (χ1n) is 7.71. The molecule has 0 aromatic carbocycles. The summed E-state index contributed by atoms with van der Waals surface area (Å²) < 4.78 is 0. The summed E-state index contributed by atoms with van der Waals surface area (Å²) in [5.41, 5.74) is 0.193. The van der Waals surface area contributed by atoms with E-state index in [0.29, 0.717) is 10.7 Å². The molecule has 0 fully saturated rings. The third-order valence-electron chi connectivity index (χ3n) is 3.67. The molecule has 1 aromatic rings. The Morgan fingerprint density at radius 3 is 2.45 bits per heavy atom. The van der Waals surface area contributed by atoms with Crippen molar-refractivity contribution in [1.29, 1.82) is 0 Å². The van der Waals surface area contributed by atoms with E-state index in [4.69, 9.17) is 0 Å². The van der Waals surface area contributed by atoms with Gasteiger partial charge in [-0.05, 0) is 25.4 Å². The van der Waals surface area contributed by atoms with Crippen molar-refractivity contribution in [3.8, 4) is 5.88 Å². The summed E-state index contributed by atoms with van der Waals surface area (Å²) >= 11 is 1.47. The van der Waals surface area contributed by atoms with Gasteiger partial charge < -0.3 is 15.0 Å². The largest absolute Gasteiger partial charge is 0.493 e. The van der Waals surface area contributed by atoms with Gasteiger partial charge >= 0.3 is 0 Å². The fraction of sp³-hybridized carbons (Fsp3) is 0.733. The second kappa shape index (κ2) is 10.9. The average molecular weight is 350 g/mol. The van der Waals surface area contributed by atoms with E-state index in [2.05, 4.69) is 35.6 Å². The monoisotopic (exact) mass is 349 g/mol. The Morgan fingerprint density at radius 1 is 1.32 bits per heavy atom.